The second-order valence-electron chi connectivity index (χ2n) is 4.85. The average Bonchev–Trinajstić information content (AvgIpc) is 3.00. The molecule has 1 aromatic carbocycles. The summed E-state index contributed by atoms with van der Waals surface area (Å²) in [4.78, 5) is 11.6. The van der Waals surface area contributed by atoms with Crippen LogP contribution >= 0.6 is 0 Å². The van der Waals surface area contributed by atoms with Crippen LogP contribution in [0.2, 0.25) is 0 Å². The number of hydrogen-bond acceptors (Lipinski definition) is 3. The Morgan fingerprint density at radius 3 is 2.71 bits per heavy atom. The highest BCUT2D eigenvalue weighted by molar-refractivity contribution is 5.96. The van der Waals surface area contributed by atoms with E-state index in [0.717, 1.165) is 5.69 Å². The van der Waals surface area contributed by atoms with E-state index in [4.69, 9.17) is 5.73 Å². The molecule has 1 aromatic rings. The molecule has 4 N–H and O–H groups in total. The zero-order chi connectivity index (χ0) is 12.5. The van der Waals surface area contributed by atoms with Gasteiger partial charge in [0.05, 0.1) is 11.4 Å². The van der Waals surface area contributed by atoms with E-state index >= 15 is 0 Å². The highest BCUT2D eigenvalue weighted by Crippen LogP contribution is 2.39. The second-order valence-corrected chi connectivity index (χ2v) is 4.85. The summed E-state index contributed by atoms with van der Waals surface area (Å²) in [6.07, 6.45) is 2.34. The molecule has 4 nitrogen and oxygen atoms in total. The monoisotopic (exact) mass is 233 g/mol. The van der Waals surface area contributed by atoms with Gasteiger partial charge in [-0.2, -0.15) is 0 Å². The van der Waals surface area contributed by atoms with Gasteiger partial charge in [0.25, 0.3) is 5.91 Å². The zero-order valence-corrected chi connectivity index (χ0v) is 10.3. The number of carbonyl (C=O) groups excluding carboxylic acids is 1. The lowest BCUT2D eigenvalue weighted by Gasteiger charge is -2.15. The van der Waals surface area contributed by atoms with E-state index < -0.39 is 0 Å². The standard InChI is InChI=1S/C13H19N3O/c1-3-15-12(17)9-4-5-11(10(14)8-9)16-13(2)6-7-13/h4-5,8,16H,3,6-7,14H2,1-2H3,(H,15,17). The third-order valence-corrected chi connectivity index (χ3v) is 3.09. The van der Waals surface area contributed by atoms with Gasteiger partial charge in [-0.25, -0.2) is 0 Å². The van der Waals surface area contributed by atoms with Crippen molar-refractivity contribution in [3.05, 3.63) is 23.8 Å². The van der Waals surface area contributed by atoms with Gasteiger partial charge in [-0.15, -0.1) is 0 Å². The van der Waals surface area contributed by atoms with Crippen LogP contribution in [0.5, 0.6) is 0 Å². The lowest BCUT2D eigenvalue weighted by Crippen LogP contribution is -2.23. The number of nitrogen functional groups attached to an aromatic ring is 1. The van der Waals surface area contributed by atoms with Gasteiger partial charge in [-0.3, -0.25) is 4.79 Å². The Bertz CT molecular complexity index is 438. The smallest absolute Gasteiger partial charge is 0.251 e. The van der Waals surface area contributed by atoms with Crippen molar-refractivity contribution in [1.82, 2.24) is 5.32 Å². The van der Waals surface area contributed by atoms with Gasteiger partial charge < -0.3 is 16.4 Å². The molecule has 4 heteroatoms. The minimum absolute atomic E-state index is 0.0802. The molecule has 1 aliphatic rings. The van der Waals surface area contributed by atoms with Crippen molar-refractivity contribution in [1.29, 1.82) is 0 Å². The molecular weight excluding hydrogens is 214 g/mol. The maximum Gasteiger partial charge on any atom is 0.251 e. The van der Waals surface area contributed by atoms with E-state index in [-0.39, 0.29) is 11.4 Å². The Morgan fingerprint density at radius 1 is 1.47 bits per heavy atom. The highest BCUT2D eigenvalue weighted by atomic mass is 16.1. The van der Waals surface area contributed by atoms with Crippen LogP contribution in [0.15, 0.2) is 18.2 Å². The van der Waals surface area contributed by atoms with Gasteiger partial charge >= 0.3 is 0 Å². The SMILES string of the molecule is CCNC(=O)c1ccc(NC2(C)CC2)c(N)c1. The van der Waals surface area contributed by atoms with E-state index in [0.29, 0.717) is 17.8 Å². The quantitative estimate of drug-likeness (QED) is 0.697. The molecular formula is C13H19N3O. The molecule has 0 atom stereocenters. The van der Waals surface area contributed by atoms with Crippen LogP contribution in [0.4, 0.5) is 11.4 Å². The first-order valence-corrected chi connectivity index (χ1v) is 6.00. The van der Waals surface area contributed by atoms with Crippen molar-refractivity contribution >= 4 is 17.3 Å². The number of nitrogens with two attached hydrogens (primary N) is 1. The van der Waals surface area contributed by atoms with Crippen molar-refractivity contribution in [2.45, 2.75) is 32.2 Å². The Kier molecular flexibility index (Phi) is 2.96. The predicted octanol–water partition coefficient (Wildman–Crippen LogP) is 1.98. The molecule has 1 saturated carbocycles. The van der Waals surface area contributed by atoms with Crippen LogP contribution in [0.1, 0.15) is 37.0 Å². The molecule has 0 heterocycles. The summed E-state index contributed by atoms with van der Waals surface area (Å²) in [6, 6.07) is 5.40. The maximum atomic E-state index is 11.6. The molecule has 0 spiro atoms. The summed E-state index contributed by atoms with van der Waals surface area (Å²) in [7, 11) is 0. The number of benzene rings is 1. The van der Waals surface area contributed by atoms with E-state index in [1.165, 1.54) is 12.8 Å². The maximum absolute atomic E-state index is 11.6. The molecule has 1 fully saturated rings. The molecule has 0 aromatic heterocycles. The number of rotatable bonds is 4. The number of carbonyl (C=O) groups is 1. The largest absolute Gasteiger partial charge is 0.397 e. The highest BCUT2D eigenvalue weighted by Gasteiger charge is 2.37. The lowest BCUT2D eigenvalue weighted by atomic mass is 10.1. The first-order valence-electron chi connectivity index (χ1n) is 6.00. The fourth-order valence-corrected chi connectivity index (χ4v) is 1.72. The number of amides is 1. The third-order valence-electron chi connectivity index (χ3n) is 3.09. The van der Waals surface area contributed by atoms with Crippen molar-refractivity contribution in [2.75, 3.05) is 17.6 Å². The fraction of sp³-hybridized carbons (Fsp3) is 0.462. The van der Waals surface area contributed by atoms with Crippen molar-refractivity contribution in [3.8, 4) is 0 Å². The molecule has 2 rings (SSSR count). The summed E-state index contributed by atoms with van der Waals surface area (Å²) < 4.78 is 0. The molecule has 1 aliphatic carbocycles. The topological polar surface area (TPSA) is 67.2 Å². The van der Waals surface area contributed by atoms with Gasteiger partial charge in [0.1, 0.15) is 0 Å². The zero-order valence-electron chi connectivity index (χ0n) is 10.3. The number of hydrogen-bond donors (Lipinski definition) is 3. The molecule has 0 aliphatic heterocycles. The predicted molar refractivity (Wildman–Crippen MR) is 70.1 cm³/mol. The Balaban J connectivity index is 2.13. The fourth-order valence-electron chi connectivity index (χ4n) is 1.72. The molecule has 0 saturated heterocycles. The molecule has 0 bridgehead atoms. The average molecular weight is 233 g/mol. The van der Waals surface area contributed by atoms with Gasteiger partial charge in [0.15, 0.2) is 0 Å². The first kappa shape index (κ1) is 11.8. The summed E-state index contributed by atoms with van der Waals surface area (Å²) in [5.41, 5.74) is 8.29. The third kappa shape index (κ3) is 2.70. The summed E-state index contributed by atoms with van der Waals surface area (Å²) in [5, 5.41) is 6.16. The van der Waals surface area contributed by atoms with Gasteiger partial charge in [0, 0.05) is 17.6 Å². The molecule has 1 amide bonds. The van der Waals surface area contributed by atoms with Crippen LogP contribution < -0.4 is 16.4 Å². The normalized spacial score (nSPS) is 16.4. The first-order chi connectivity index (χ1) is 8.04. The molecule has 0 radical (unpaired) electrons. The van der Waals surface area contributed by atoms with Crippen molar-refractivity contribution in [3.63, 3.8) is 0 Å². The Morgan fingerprint density at radius 2 is 2.18 bits per heavy atom. The molecule has 0 unspecified atom stereocenters. The minimum atomic E-state index is -0.0802. The van der Waals surface area contributed by atoms with Gasteiger partial charge in [-0.1, -0.05) is 0 Å². The van der Waals surface area contributed by atoms with Gasteiger partial charge in [0.2, 0.25) is 0 Å². The number of nitrogens with one attached hydrogen (secondary N) is 2. The number of anilines is 2. The van der Waals surface area contributed by atoms with Crippen LogP contribution in [0, 0.1) is 0 Å². The van der Waals surface area contributed by atoms with Crippen molar-refractivity contribution in [2.24, 2.45) is 0 Å². The van der Waals surface area contributed by atoms with E-state index in [1.54, 1.807) is 12.1 Å². The summed E-state index contributed by atoms with van der Waals surface area (Å²) in [6.45, 7) is 4.69. The van der Waals surface area contributed by atoms with Crippen LogP contribution in [0.25, 0.3) is 0 Å². The second kappa shape index (κ2) is 4.28. The van der Waals surface area contributed by atoms with Crippen LogP contribution in [-0.4, -0.2) is 18.0 Å². The van der Waals surface area contributed by atoms with Gasteiger partial charge in [-0.05, 0) is 44.9 Å². The minimum Gasteiger partial charge on any atom is -0.397 e. The lowest BCUT2D eigenvalue weighted by molar-refractivity contribution is 0.0956. The Hall–Kier alpha value is -1.71. The molecule has 17 heavy (non-hydrogen) atoms. The van der Waals surface area contributed by atoms with E-state index in [1.807, 2.05) is 13.0 Å². The van der Waals surface area contributed by atoms with E-state index in [9.17, 15) is 4.79 Å². The summed E-state index contributed by atoms with van der Waals surface area (Å²) in [5.74, 6) is -0.0802. The summed E-state index contributed by atoms with van der Waals surface area (Å²) >= 11 is 0. The Labute approximate surface area is 102 Å². The van der Waals surface area contributed by atoms with Crippen LogP contribution in [0.3, 0.4) is 0 Å². The van der Waals surface area contributed by atoms with Crippen LogP contribution in [-0.2, 0) is 0 Å². The molecule has 92 valence electrons. The van der Waals surface area contributed by atoms with E-state index in [2.05, 4.69) is 17.6 Å². The van der Waals surface area contributed by atoms with Crippen molar-refractivity contribution < 1.29 is 4.79 Å².